The number of hydrogen-bond acceptors (Lipinski definition) is 6. The first kappa shape index (κ1) is 24.2. The molecule has 0 saturated carbocycles. The molecule has 0 spiro atoms. The van der Waals surface area contributed by atoms with Crippen molar-refractivity contribution in [2.75, 3.05) is 50.8 Å². The molecule has 0 aliphatic carbocycles. The zero-order chi connectivity index (χ0) is 23.8. The lowest BCUT2D eigenvalue weighted by Crippen LogP contribution is -2.46. The second kappa shape index (κ2) is 11.4. The molecule has 33 heavy (non-hydrogen) atoms. The van der Waals surface area contributed by atoms with Crippen LogP contribution in [-0.4, -0.2) is 68.4 Å². The van der Waals surface area contributed by atoms with Gasteiger partial charge in [0.1, 0.15) is 12.3 Å². The number of ketones is 1. The number of ether oxygens (including phenoxy) is 2. The Hall–Kier alpha value is -3.46. The number of likely N-dealkylation sites (N-methyl/N-ethyl adjacent to an activating group) is 1. The van der Waals surface area contributed by atoms with Gasteiger partial charge in [0.15, 0.2) is 30.6 Å². The highest BCUT2D eigenvalue weighted by atomic mass is 19.1. The Morgan fingerprint density at radius 3 is 2.67 bits per heavy atom. The van der Waals surface area contributed by atoms with Gasteiger partial charge in [-0.2, -0.15) is 0 Å². The minimum atomic E-state index is -0.562. The first-order chi connectivity index (χ1) is 15.9. The van der Waals surface area contributed by atoms with Crippen LogP contribution in [0.1, 0.15) is 24.2 Å². The molecular formula is C24H28FN3O5. The van der Waals surface area contributed by atoms with Crippen molar-refractivity contribution in [1.82, 2.24) is 10.2 Å². The first-order valence-electron chi connectivity index (χ1n) is 10.9. The minimum absolute atomic E-state index is 0.0228. The number of anilines is 1. The van der Waals surface area contributed by atoms with E-state index in [1.54, 1.807) is 18.2 Å². The van der Waals surface area contributed by atoms with E-state index in [9.17, 15) is 18.8 Å². The maximum Gasteiger partial charge on any atom is 0.265 e. The Labute approximate surface area is 192 Å². The molecule has 1 N–H and O–H groups in total. The van der Waals surface area contributed by atoms with Crippen molar-refractivity contribution >= 4 is 23.3 Å². The summed E-state index contributed by atoms with van der Waals surface area (Å²) >= 11 is 0. The van der Waals surface area contributed by atoms with Gasteiger partial charge in [-0.25, -0.2) is 4.39 Å². The fourth-order valence-corrected chi connectivity index (χ4v) is 3.43. The number of carbonyl (C=O) groups excluding carboxylic acids is 3. The molecule has 0 radical (unpaired) electrons. The van der Waals surface area contributed by atoms with Crippen LogP contribution in [0.2, 0.25) is 0 Å². The Bertz CT molecular complexity index is 1010. The molecule has 3 rings (SSSR count). The van der Waals surface area contributed by atoms with E-state index in [-0.39, 0.29) is 42.9 Å². The van der Waals surface area contributed by atoms with Crippen molar-refractivity contribution in [2.45, 2.75) is 13.8 Å². The van der Waals surface area contributed by atoms with Crippen LogP contribution in [0.5, 0.6) is 11.5 Å². The van der Waals surface area contributed by atoms with Gasteiger partial charge in [0.2, 0.25) is 5.91 Å². The van der Waals surface area contributed by atoms with E-state index in [1.165, 1.54) is 29.2 Å². The highest BCUT2D eigenvalue weighted by molar-refractivity contribution is 6.04. The lowest BCUT2D eigenvalue weighted by Gasteiger charge is -2.29. The Balaban J connectivity index is 1.66. The number of hydrogen-bond donors (Lipinski definition) is 1. The van der Waals surface area contributed by atoms with Crippen LogP contribution >= 0.6 is 0 Å². The third-order valence-corrected chi connectivity index (χ3v) is 5.37. The van der Waals surface area contributed by atoms with Gasteiger partial charge in [0, 0.05) is 18.7 Å². The molecule has 0 fully saturated rings. The standard InChI is InChI=1S/C24H28FN3O5/c1-3-27(4-2)12-11-26-23(30)14-28-19-13-17(9-10-22(19)33-16-24(28)31)20(29)15-32-21-8-6-5-7-18(21)25/h5-10,13H,3-4,11-12,14-16H2,1-2H3,(H,26,30). The monoisotopic (exact) mass is 457 g/mol. The number of rotatable bonds is 11. The number of para-hydroxylation sites is 1. The number of halogens is 1. The molecule has 8 nitrogen and oxygen atoms in total. The topological polar surface area (TPSA) is 88.2 Å². The molecule has 0 unspecified atom stereocenters. The highest BCUT2D eigenvalue weighted by Gasteiger charge is 2.28. The SMILES string of the molecule is CCN(CC)CCNC(=O)CN1C(=O)COc2ccc(C(=O)COc3ccccc3F)cc21. The Morgan fingerprint density at radius 1 is 1.18 bits per heavy atom. The van der Waals surface area contributed by atoms with Crippen molar-refractivity contribution in [3.8, 4) is 11.5 Å². The van der Waals surface area contributed by atoms with Gasteiger partial charge < -0.3 is 19.7 Å². The molecule has 2 amide bonds. The number of fused-ring (bicyclic) bond motifs is 1. The molecule has 0 saturated heterocycles. The molecule has 2 aromatic carbocycles. The first-order valence-corrected chi connectivity index (χ1v) is 10.9. The lowest BCUT2D eigenvalue weighted by molar-refractivity contribution is -0.125. The number of carbonyl (C=O) groups is 3. The molecule has 2 aromatic rings. The summed E-state index contributed by atoms with van der Waals surface area (Å²) in [5.41, 5.74) is 0.595. The van der Waals surface area contributed by atoms with E-state index < -0.39 is 11.6 Å². The van der Waals surface area contributed by atoms with Crippen molar-refractivity contribution in [2.24, 2.45) is 0 Å². The van der Waals surface area contributed by atoms with Crippen LogP contribution < -0.4 is 19.7 Å². The van der Waals surface area contributed by atoms with E-state index in [0.717, 1.165) is 13.1 Å². The van der Waals surface area contributed by atoms with Gasteiger partial charge in [-0.3, -0.25) is 19.3 Å². The number of nitrogens with zero attached hydrogens (tertiary/aromatic N) is 2. The van der Waals surface area contributed by atoms with Crippen LogP contribution in [0.25, 0.3) is 0 Å². The van der Waals surface area contributed by atoms with Crippen LogP contribution in [0.15, 0.2) is 42.5 Å². The van der Waals surface area contributed by atoms with E-state index >= 15 is 0 Å². The smallest absolute Gasteiger partial charge is 0.265 e. The van der Waals surface area contributed by atoms with E-state index in [2.05, 4.69) is 24.1 Å². The summed E-state index contributed by atoms with van der Waals surface area (Å²) in [6, 6.07) is 10.4. The van der Waals surface area contributed by atoms with Crippen LogP contribution in [0, 0.1) is 5.82 Å². The van der Waals surface area contributed by atoms with Crippen LogP contribution in [0.4, 0.5) is 10.1 Å². The average Bonchev–Trinajstić information content (AvgIpc) is 2.82. The van der Waals surface area contributed by atoms with Gasteiger partial charge in [0.05, 0.1) is 5.69 Å². The Morgan fingerprint density at radius 2 is 1.94 bits per heavy atom. The third kappa shape index (κ3) is 6.29. The van der Waals surface area contributed by atoms with Gasteiger partial charge in [0.25, 0.3) is 5.91 Å². The molecule has 1 aliphatic heterocycles. The van der Waals surface area contributed by atoms with Crippen molar-refractivity contribution in [3.63, 3.8) is 0 Å². The van der Waals surface area contributed by atoms with Crippen molar-refractivity contribution in [3.05, 3.63) is 53.8 Å². The number of Topliss-reactive ketones (excluding diaryl/α,β-unsaturated/α-hetero) is 1. The fourth-order valence-electron chi connectivity index (χ4n) is 3.43. The van der Waals surface area contributed by atoms with E-state index in [4.69, 9.17) is 9.47 Å². The predicted octanol–water partition coefficient (Wildman–Crippen LogP) is 2.27. The minimum Gasteiger partial charge on any atom is -0.482 e. The molecule has 1 aliphatic rings. The molecular weight excluding hydrogens is 429 g/mol. The fraction of sp³-hybridized carbons (Fsp3) is 0.375. The maximum absolute atomic E-state index is 13.7. The van der Waals surface area contributed by atoms with Crippen molar-refractivity contribution in [1.29, 1.82) is 0 Å². The summed E-state index contributed by atoms with van der Waals surface area (Å²) < 4.78 is 24.5. The molecule has 0 atom stereocenters. The van der Waals surface area contributed by atoms with E-state index in [0.29, 0.717) is 24.5 Å². The zero-order valence-electron chi connectivity index (χ0n) is 18.8. The van der Waals surface area contributed by atoms with Crippen molar-refractivity contribution < 1.29 is 28.2 Å². The normalized spacial score (nSPS) is 12.8. The Kier molecular flexibility index (Phi) is 8.37. The summed E-state index contributed by atoms with van der Waals surface area (Å²) in [5.74, 6) is -1.27. The summed E-state index contributed by atoms with van der Waals surface area (Å²) in [7, 11) is 0. The second-order valence-electron chi connectivity index (χ2n) is 7.47. The molecule has 176 valence electrons. The third-order valence-electron chi connectivity index (χ3n) is 5.37. The maximum atomic E-state index is 13.7. The molecule has 0 bridgehead atoms. The largest absolute Gasteiger partial charge is 0.482 e. The molecule has 9 heteroatoms. The zero-order valence-corrected chi connectivity index (χ0v) is 18.8. The summed E-state index contributed by atoms with van der Waals surface area (Å²) in [6.07, 6.45) is 0. The van der Waals surface area contributed by atoms with Gasteiger partial charge in [-0.15, -0.1) is 0 Å². The summed E-state index contributed by atoms with van der Waals surface area (Å²) in [5, 5.41) is 2.82. The van der Waals surface area contributed by atoms with Gasteiger partial charge in [-0.1, -0.05) is 26.0 Å². The number of nitrogens with one attached hydrogen (secondary N) is 1. The molecule has 0 aromatic heterocycles. The summed E-state index contributed by atoms with van der Waals surface area (Å²) in [6.45, 7) is 6.31. The predicted molar refractivity (Wildman–Crippen MR) is 121 cm³/mol. The number of benzene rings is 2. The van der Waals surface area contributed by atoms with Gasteiger partial charge >= 0.3 is 0 Å². The van der Waals surface area contributed by atoms with E-state index in [1.807, 2.05) is 0 Å². The summed E-state index contributed by atoms with van der Waals surface area (Å²) in [4.78, 5) is 41.0. The van der Waals surface area contributed by atoms with Crippen LogP contribution in [0.3, 0.4) is 0 Å². The number of amides is 2. The highest BCUT2D eigenvalue weighted by Crippen LogP contribution is 2.33. The average molecular weight is 458 g/mol. The second-order valence-corrected chi connectivity index (χ2v) is 7.47. The lowest BCUT2D eigenvalue weighted by atomic mass is 10.1. The van der Waals surface area contributed by atoms with Gasteiger partial charge in [-0.05, 0) is 43.4 Å². The quantitative estimate of drug-likeness (QED) is 0.521. The molecule has 1 heterocycles. The van der Waals surface area contributed by atoms with Crippen LogP contribution in [-0.2, 0) is 9.59 Å².